The molecule has 1 N–H and O–H groups in total. The van der Waals surface area contributed by atoms with Gasteiger partial charge in [0, 0.05) is 12.1 Å². The molecule has 0 amide bonds. The summed E-state index contributed by atoms with van der Waals surface area (Å²) in [6.45, 7) is 3.99. The lowest BCUT2D eigenvalue weighted by Crippen LogP contribution is -2.16. The quantitative estimate of drug-likeness (QED) is 0.892. The third-order valence-corrected chi connectivity index (χ3v) is 4.02. The highest BCUT2D eigenvalue weighted by molar-refractivity contribution is 5.88. The van der Waals surface area contributed by atoms with Crippen molar-refractivity contribution in [3.63, 3.8) is 0 Å². The average Bonchev–Trinajstić information content (AvgIpc) is 2.38. The largest absolute Gasteiger partial charge is 0.478 e. The minimum atomic E-state index is -0.950. The van der Waals surface area contributed by atoms with Crippen LogP contribution in [0.1, 0.15) is 66.8 Å². The van der Waals surface area contributed by atoms with Gasteiger partial charge in [0.2, 0.25) is 0 Å². The summed E-state index contributed by atoms with van der Waals surface area (Å²) in [4.78, 5) is 19.5. The van der Waals surface area contributed by atoms with Crippen LogP contribution in [-0.4, -0.2) is 21.0 Å². The van der Waals surface area contributed by atoms with E-state index in [1.807, 2.05) is 0 Å². The maximum atomic E-state index is 10.9. The Bertz CT molecular complexity index is 437. The maximum absolute atomic E-state index is 10.9. The van der Waals surface area contributed by atoms with Gasteiger partial charge in [-0.05, 0) is 38.5 Å². The first kappa shape index (κ1) is 13.0. The number of rotatable bonds is 3. The molecule has 1 aromatic heterocycles. The van der Waals surface area contributed by atoms with E-state index in [4.69, 9.17) is 5.11 Å². The van der Waals surface area contributed by atoms with E-state index in [0.717, 1.165) is 24.6 Å². The Labute approximate surface area is 107 Å². The summed E-state index contributed by atoms with van der Waals surface area (Å²) < 4.78 is 0. The van der Waals surface area contributed by atoms with Crippen molar-refractivity contribution in [3.8, 4) is 0 Å². The van der Waals surface area contributed by atoms with E-state index >= 15 is 0 Å². The van der Waals surface area contributed by atoms with E-state index in [9.17, 15) is 4.79 Å². The van der Waals surface area contributed by atoms with Gasteiger partial charge in [0.15, 0.2) is 0 Å². The lowest BCUT2D eigenvalue weighted by atomic mass is 9.80. The SMILES string of the molecule is CCC1CCC(c2ncc(C(=O)O)c(C)n2)CC1. The van der Waals surface area contributed by atoms with Crippen molar-refractivity contribution in [2.45, 2.75) is 51.9 Å². The monoisotopic (exact) mass is 248 g/mol. The van der Waals surface area contributed by atoms with Crippen LogP contribution in [0.2, 0.25) is 0 Å². The van der Waals surface area contributed by atoms with E-state index in [1.54, 1.807) is 6.92 Å². The van der Waals surface area contributed by atoms with Gasteiger partial charge in [0.1, 0.15) is 5.82 Å². The highest BCUT2D eigenvalue weighted by Gasteiger charge is 2.24. The van der Waals surface area contributed by atoms with E-state index in [0.29, 0.717) is 11.6 Å². The highest BCUT2D eigenvalue weighted by Crippen LogP contribution is 2.35. The number of aromatic carboxylic acids is 1. The van der Waals surface area contributed by atoms with Crippen molar-refractivity contribution in [3.05, 3.63) is 23.3 Å². The van der Waals surface area contributed by atoms with Gasteiger partial charge in [0.05, 0.1) is 11.3 Å². The topological polar surface area (TPSA) is 63.1 Å². The number of hydrogen-bond acceptors (Lipinski definition) is 3. The molecule has 0 unspecified atom stereocenters. The van der Waals surface area contributed by atoms with Crippen LogP contribution in [0, 0.1) is 12.8 Å². The first-order valence-corrected chi connectivity index (χ1v) is 6.68. The second-order valence-corrected chi connectivity index (χ2v) is 5.16. The molecule has 0 aliphatic heterocycles. The molecule has 0 spiro atoms. The summed E-state index contributed by atoms with van der Waals surface area (Å²) in [5.41, 5.74) is 0.783. The Morgan fingerprint density at radius 1 is 1.39 bits per heavy atom. The van der Waals surface area contributed by atoms with Crippen molar-refractivity contribution in [2.24, 2.45) is 5.92 Å². The molecule has 0 aromatic carbocycles. The van der Waals surface area contributed by atoms with Crippen LogP contribution in [0.25, 0.3) is 0 Å². The van der Waals surface area contributed by atoms with Gasteiger partial charge in [0.25, 0.3) is 0 Å². The molecule has 1 aromatic rings. The molecule has 1 aliphatic carbocycles. The molecular formula is C14H20N2O2. The maximum Gasteiger partial charge on any atom is 0.339 e. The van der Waals surface area contributed by atoms with Crippen LogP contribution in [0.4, 0.5) is 0 Å². The molecule has 18 heavy (non-hydrogen) atoms. The van der Waals surface area contributed by atoms with Gasteiger partial charge in [-0.3, -0.25) is 0 Å². The Morgan fingerprint density at radius 3 is 2.56 bits per heavy atom. The lowest BCUT2D eigenvalue weighted by molar-refractivity contribution is 0.0695. The fourth-order valence-corrected chi connectivity index (χ4v) is 2.72. The van der Waals surface area contributed by atoms with Crippen molar-refractivity contribution in [2.75, 3.05) is 0 Å². The molecule has 2 rings (SSSR count). The van der Waals surface area contributed by atoms with Crippen LogP contribution in [0.3, 0.4) is 0 Å². The molecule has 1 heterocycles. The molecule has 4 nitrogen and oxygen atoms in total. The summed E-state index contributed by atoms with van der Waals surface area (Å²) >= 11 is 0. The summed E-state index contributed by atoms with van der Waals surface area (Å²) in [6.07, 6.45) is 7.44. The molecule has 0 radical (unpaired) electrons. The Balaban J connectivity index is 2.11. The van der Waals surface area contributed by atoms with Crippen LogP contribution >= 0.6 is 0 Å². The molecule has 4 heteroatoms. The van der Waals surface area contributed by atoms with E-state index in [-0.39, 0.29) is 5.56 Å². The minimum absolute atomic E-state index is 0.209. The molecule has 1 saturated carbocycles. The third kappa shape index (κ3) is 2.68. The number of carboxylic acids is 1. The van der Waals surface area contributed by atoms with Gasteiger partial charge in [-0.25, -0.2) is 14.8 Å². The minimum Gasteiger partial charge on any atom is -0.478 e. The lowest BCUT2D eigenvalue weighted by Gasteiger charge is -2.26. The number of hydrogen-bond donors (Lipinski definition) is 1. The van der Waals surface area contributed by atoms with E-state index in [1.165, 1.54) is 25.5 Å². The van der Waals surface area contributed by atoms with Gasteiger partial charge in [-0.15, -0.1) is 0 Å². The van der Waals surface area contributed by atoms with Gasteiger partial charge >= 0.3 is 5.97 Å². The summed E-state index contributed by atoms with van der Waals surface area (Å²) in [5.74, 6) is 1.13. The number of carbonyl (C=O) groups is 1. The smallest absolute Gasteiger partial charge is 0.339 e. The fraction of sp³-hybridized carbons (Fsp3) is 0.643. The van der Waals surface area contributed by atoms with Crippen LogP contribution in [0.15, 0.2) is 6.20 Å². The van der Waals surface area contributed by atoms with Crippen LogP contribution in [-0.2, 0) is 0 Å². The molecule has 0 bridgehead atoms. The number of carboxylic acid groups (broad SMARTS) is 1. The zero-order valence-corrected chi connectivity index (χ0v) is 11.0. The van der Waals surface area contributed by atoms with E-state index < -0.39 is 5.97 Å². The Morgan fingerprint density at radius 2 is 2.06 bits per heavy atom. The van der Waals surface area contributed by atoms with Gasteiger partial charge in [-0.2, -0.15) is 0 Å². The zero-order valence-electron chi connectivity index (χ0n) is 11.0. The fourth-order valence-electron chi connectivity index (χ4n) is 2.72. The molecule has 1 aliphatic rings. The van der Waals surface area contributed by atoms with Crippen molar-refractivity contribution < 1.29 is 9.90 Å². The van der Waals surface area contributed by atoms with Gasteiger partial charge in [-0.1, -0.05) is 13.3 Å². The first-order chi connectivity index (χ1) is 8.61. The Kier molecular flexibility index (Phi) is 3.94. The van der Waals surface area contributed by atoms with Crippen LogP contribution < -0.4 is 0 Å². The first-order valence-electron chi connectivity index (χ1n) is 6.68. The second kappa shape index (κ2) is 5.46. The van der Waals surface area contributed by atoms with Crippen molar-refractivity contribution in [1.82, 2.24) is 9.97 Å². The van der Waals surface area contributed by atoms with E-state index in [2.05, 4.69) is 16.9 Å². The van der Waals surface area contributed by atoms with Crippen LogP contribution in [0.5, 0.6) is 0 Å². The molecule has 0 atom stereocenters. The zero-order chi connectivity index (χ0) is 13.1. The normalized spacial score (nSPS) is 23.9. The average molecular weight is 248 g/mol. The molecule has 0 saturated heterocycles. The number of nitrogens with zero attached hydrogens (tertiary/aromatic N) is 2. The summed E-state index contributed by atoms with van der Waals surface area (Å²) in [5, 5.41) is 8.95. The van der Waals surface area contributed by atoms with Gasteiger partial charge < -0.3 is 5.11 Å². The van der Waals surface area contributed by atoms with Crippen molar-refractivity contribution in [1.29, 1.82) is 0 Å². The standard InChI is InChI=1S/C14H20N2O2/c1-3-10-4-6-11(7-5-10)13-15-8-12(14(17)18)9(2)16-13/h8,10-11H,3-7H2,1-2H3,(H,17,18). The predicted octanol–water partition coefficient (Wildman–Crippen LogP) is 3.17. The molecule has 98 valence electrons. The number of aryl methyl sites for hydroxylation is 1. The predicted molar refractivity (Wildman–Crippen MR) is 68.7 cm³/mol. The Hall–Kier alpha value is -1.45. The summed E-state index contributed by atoms with van der Waals surface area (Å²) in [7, 11) is 0. The van der Waals surface area contributed by atoms with Crippen molar-refractivity contribution >= 4 is 5.97 Å². The summed E-state index contributed by atoms with van der Waals surface area (Å²) in [6, 6.07) is 0. The molecule has 1 fully saturated rings. The second-order valence-electron chi connectivity index (χ2n) is 5.16. The molecular weight excluding hydrogens is 228 g/mol. The third-order valence-electron chi connectivity index (χ3n) is 4.02. The highest BCUT2D eigenvalue weighted by atomic mass is 16.4. The number of aromatic nitrogens is 2.